The van der Waals surface area contributed by atoms with Crippen molar-refractivity contribution in [1.82, 2.24) is 20.6 Å². The van der Waals surface area contributed by atoms with Crippen LogP contribution in [0.5, 0.6) is 0 Å². The second-order valence-corrected chi connectivity index (χ2v) is 8.22. The third kappa shape index (κ3) is 6.55. The summed E-state index contributed by atoms with van der Waals surface area (Å²) in [6.45, 7) is 7.33. The number of aliphatic hydroxyl groups is 1. The molecule has 10 nitrogen and oxygen atoms in total. The van der Waals surface area contributed by atoms with Gasteiger partial charge >= 0.3 is 11.9 Å². The van der Waals surface area contributed by atoms with E-state index in [-0.39, 0.29) is 6.03 Å². The number of aromatic amines is 1. The maximum atomic E-state index is 12.8. The number of urea groups is 1. The maximum Gasteiger partial charge on any atom is 0.341 e. The van der Waals surface area contributed by atoms with Gasteiger partial charge in [-0.1, -0.05) is 11.1 Å². The van der Waals surface area contributed by atoms with E-state index in [0.717, 1.165) is 17.0 Å². The van der Waals surface area contributed by atoms with Gasteiger partial charge in [-0.2, -0.15) is 0 Å². The number of piperidine rings is 1. The second-order valence-electron chi connectivity index (χ2n) is 8.22. The number of allylic oxidation sites excluding steroid dienone is 3. The van der Waals surface area contributed by atoms with Gasteiger partial charge in [0.05, 0.1) is 32.0 Å². The zero-order valence-electron chi connectivity index (χ0n) is 19.8. The number of ether oxygens (including phenoxy) is 1. The lowest BCUT2D eigenvalue weighted by molar-refractivity contribution is -0.642. The average molecular weight is 457 g/mol. The van der Waals surface area contributed by atoms with Crippen LogP contribution in [0, 0.1) is 0 Å². The fourth-order valence-corrected chi connectivity index (χ4v) is 3.55. The Morgan fingerprint density at radius 1 is 1.36 bits per heavy atom. The molecule has 1 aromatic heterocycles. The summed E-state index contributed by atoms with van der Waals surface area (Å²) in [7, 11) is 1.61. The number of H-pyrrole nitrogens is 1. The molecular formula is C23H34N7O3+. The van der Waals surface area contributed by atoms with E-state index < -0.39 is 5.60 Å². The number of carbonyl (C=O) groups excluding carboxylic acids is 1. The highest BCUT2D eigenvalue weighted by Crippen LogP contribution is 2.21. The number of guanidine groups is 1. The molecule has 3 rings (SSSR count). The highest BCUT2D eigenvalue weighted by atomic mass is 16.5. The molecule has 2 aliphatic heterocycles. The molecule has 0 spiro atoms. The van der Waals surface area contributed by atoms with Crippen molar-refractivity contribution in [2.24, 2.45) is 9.98 Å². The lowest BCUT2D eigenvalue weighted by atomic mass is 9.94. The van der Waals surface area contributed by atoms with Gasteiger partial charge in [0.25, 0.3) is 0 Å². The summed E-state index contributed by atoms with van der Waals surface area (Å²) in [5, 5.41) is 19.3. The van der Waals surface area contributed by atoms with Crippen LogP contribution in [0.25, 0.3) is 11.4 Å². The van der Waals surface area contributed by atoms with Crippen molar-refractivity contribution in [2.75, 3.05) is 33.3 Å². The van der Waals surface area contributed by atoms with Crippen molar-refractivity contribution < 1.29 is 19.3 Å². The first-order valence-electron chi connectivity index (χ1n) is 11.1. The molecule has 2 aliphatic rings. The summed E-state index contributed by atoms with van der Waals surface area (Å²) in [6, 6.07) is -0.237. The number of rotatable bonds is 4. The molecule has 1 saturated heterocycles. The quantitative estimate of drug-likeness (QED) is 0.407. The summed E-state index contributed by atoms with van der Waals surface area (Å²) >= 11 is 0. The molecule has 1 aromatic rings. The van der Waals surface area contributed by atoms with Crippen LogP contribution in [0.15, 0.2) is 46.4 Å². The molecule has 33 heavy (non-hydrogen) atoms. The smallest absolute Gasteiger partial charge is 0.341 e. The van der Waals surface area contributed by atoms with Crippen LogP contribution < -0.4 is 15.3 Å². The van der Waals surface area contributed by atoms with Crippen molar-refractivity contribution in [2.45, 2.75) is 39.2 Å². The minimum atomic E-state index is -0.717. The van der Waals surface area contributed by atoms with Crippen LogP contribution in [0.1, 0.15) is 39.2 Å². The summed E-state index contributed by atoms with van der Waals surface area (Å²) in [4.78, 5) is 23.4. The molecule has 0 unspecified atom stereocenters. The van der Waals surface area contributed by atoms with Crippen LogP contribution in [-0.2, 0) is 4.74 Å². The van der Waals surface area contributed by atoms with Gasteiger partial charge in [-0.3, -0.25) is 5.32 Å². The van der Waals surface area contributed by atoms with Crippen LogP contribution in [0.2, 0.25) is 0 Å². The van der Waals surface area contributed by atoms with Gasteiger partial charge in [0.1, 0.15) is 18.2 Å². The molecule has 2 amide bonds. The monoisotopic (exact) mass is 456 g/mol. The minimum absolute atomic E-state index is 0.237. The molecule has 0 saturated carbocycles. The first-order chi connectivity index (χ1) is 15.8. The van der Waals surface area contributed by atoms with Crippen molar-refractivity contribution in [1.29, 1.82) is 0 Å². The molecule has 0 aromatic carbocycles. The van der Waals surface area contributed by atoms with Gasteiger partial charge in [-0.25, -0.2) is 14.9 Å². The highest BCUT2D eigenvalue weighted by Gasteiger charge is 2.30. The highest BCUT2D eigenvalue weighted by molar-refractivity contribution is 5.96. The SMILES string of the molecule is C/C=N\C(=C/C)[n+]1cc(/C2=C/C=C(/OC)CNC(NC(=O)N3CCC(C)(O)CC3)=NC2)c[nH]1. The number of aliphatic imine (C=N–C) groups is 2. The Hall–Kier alpha value is -3.40. The topological polar surface area (TPSA) is 118 Å². The zero-order chi connectivity index (χ0) is 23.8. The average Bonchev–Trinajstić information content (AvgIpc) is 3.30. The predicted molar refractivity (Wildman–Crippen MR) is 128 cm³/mol. The third-order valence-corrected chi connectivity index (χ3v) is 5.69. The molecule has 178 valence electrons. The number of likely N-dealkylation sites (tertiary alicyclic amines) is 1. The second kappa shape index (κ2) is 11.0. The molecule has 1 fully saturated rings. The Bertz CT molecular complexity index is 991. The van der Waals surface area contributed by atoms with Gasteiger partial charge < -0.3 is 20.1 Å². The number of nitrogens with one attached hydrogen (secondary N) is 3. The molecule has 0 aliphatic carbocycles. The number of methoxy groups -OCH3 is 1. The molecule has 4 N–H and O–H groups in total. The van der Waals surface area contributed by atoms with Gasteiger partial charge in [0, 0.05) is 24.7 Å². The van der Waals surface area contributed by atoms with E-state index >= 15 is 0 Å². The van der Waals surface area contributed by atoms with Crippen molar-refractivity contribution in [3.05, 3.63) is 41.9 Å². The first-order valence-corrected chi connectivity index (χ1v) is 11.1. The lowest BCUT2D eigenvalue weighted by Crippen LogP contribution is -2.52. The number of nitrogens with zero attached hydrogens (tertiary/aromatic N) is 4. The van der Waals surface area contributed by atoms with Crippen LogP contribution in [-0.4, -0.2) is 72.2 Å². The number of hydrogen-bond acceptors (Lipinski definition) is 6. The minimum Gasteiger partial charge on any atom is -0.499 e. The third-order valence-electron chi connectivity index (χ3n) is 5.69. The number of hydrogen-bond donors (Lipinski definition) is 4. The number of aromatic nitrogens is 2. The summed E-state index contributed by atoms with van der Waals surface area (Å²) < 4.78 is 7.29. The van der Waals surface area contributed by atoms with Crippen molar-refractivity contribution in [3.63, 3.8) is 0 Å². The van der Waals surface area contributed by atoms with Gasteiger partial charge in [-0.05, 0) is 45.3 Å². The van der Waals surface area contributed by atoms with E-state index in [1.165, 1.54) is 0 Å². The normalized spacial score (nSPS) is 22.6. The van der Waals surface area contributed by atoms with Crippen molar-refractivity contribution >= 4 is 29.6 Å². The fourth-order valence-electron chi connectivity index (χ4n) is 3.55. The maximum absolute atomic E-state index is 12.8. The summed E-state index contributed by atoms with van der Waals surface area (Å²) in [6.07, 6.45) is 12.5. The predicted octanol–water partition coefficient (Wildman–Crippen LogP) is 1.64. The molecule has 0 bridgehead atoms. The van der Waals surface area contributed by atoms with E-state index in [2.05, 4.69) is 25.7 Å². The molecular weight excluding hydrogens is 422 g/mol. The van der Waals surface area contributed by atoms with E-state index in [4.69, 9.17) is 4.74 Å². The summed E-state index contributed by atoms with van der Waals surface area (Å²) in [5.74, 6) is 1.86. The lowest BCUT2D eigenvalue weighted by Gasteiger charge is -2.35. The van der Waals surface area contributed by atoms with Crippen LogP contribution in [0.3, 0.4) is 0 Å². The Balaban J connectivity index is 1.77. The van der Waals surface area contributed by atoms with Crippen LogP contribution in [0.4, 0.5) is 4.79 Å². The van der Waals surface area contributed by atoms with Gasteiger partial charge in [-0.15, -0.1) is 4.68 Å². The Morgan fingerprint density at radius 2 is 2.12 bits per heavy atom. The molecule has 3 heterocycles. The largest absolute Gasteiger partial charge is 0.499 e. The van der Waals surface area contributed by atoms with E-state index in [1.54, 1.807) is 25.1 Å². The zero-order valence-corrected chi connectivity index (χ0v) is 19.8. The van der Waals surface area contributed by atoms with E-state index in [1.807, 2.05) is 49.2 Å². The number of carbonyl (C=O) groups is 1. The van der Waals surface area contributed by atoms with Crippen molar-refractivity contribution in [3.8, 4) is 0 Å². The molecule has 0 radical (unpaired) electrons. The van der Waals surface area contributed by atoms with Crippen LogP contribution >= 0.6 is 0 Å². The molecule has 0 atom stereocenters. The Morgan fingerprint density at radius 3 is 2.79 bits per heavy atom. The van der Waals surface area contributed by atoms with Gasteiger partial charge in [0.15, 0.2) is 5.96 Å². The Kier molecular flexibility index (Phi) is 8.05. The standard InChI is InChI=1S/C23H33N7O3/c1-5-20(24-6-2)30-16-18(14-27-30)17-7-8-19(33-4)15-26-21(25-13-17)28-22(31)29-11-9-23(3,32)10-12-29/h5-8,14,16,32H,9-13,15H2,1-4H3,(H2,25,26,28,31)/p+1/b17-7+,19-8+,20-5+,24-6-. The van der Waals surface area contributed by atoms with Gasteiger partial charge in [0.2, 0.25) is 0 Å². The Labute approximate surface area is 194 Å². The molecule has 10 heteroatoms. The van der Waals surface area contributed by atoms with E-state index in [9.17, 15) is 9.90 Å². The fraction of sp³-hybridized carbons (Fsp3) is 0.478. The first kappa shape index (κ1) is 24.2. The summed E-state index contributed by atoms with van der Waals surface area (Å²) in [5.41, 5.74) is 1.17. The number of amides is 2. The van der Waals surface area contributed by atoms with E-state index in [0.29, 0.717) is 50.7 Å².